The number of alkyl halides is 4. The first-order valence-corrected chi connectivity index (χ1v) is 21.0. The van der Waals surface area contributed by atoms with Crippen LogP contribution in [0.2, 0.25) is 0 Å². The number of primary amides is 3. The first-order valence-electron chi connectivity index (χ1n) is 17.7. The van der Waals surface area contributed by atoms with Gasteiger partial charge in [0.2, 0.25) is 17.7 Å². The fraction of sp³-hybridized carbons (Fsp3) is 0.133. The molecule has 0 unspecified atom stereocenters. The van der Waals surface area contributed by atoms with E-state index in [1.54, 1.807) is 66.7 Å². The Hall–Kier alpha value is -5.33. The molecule has 9 nitrogen and oxygen atoms in total. The van der Waals surface area contributed by atoms with Crippen LogP contribution in [0.4, 0.5) is 0 Å². The second-order valence-corrected chi connectivity index (χ2v) is 14.2. The molecule has 7 N–H and O–H groups in total. The van der Waals surface area contributed by atoms with Gasteiger partial charge in [0.1, 0.15) is 23.9 Å². The smallest absolute Gasteiger partial charge is 0.248 e. The van der Waals surface area contributed by atoms with Crippen LogP contribution in [0.1, 0.15) is 31.1 Å². The highest BCUT2D eigenvalue weighted by molar-refractivity contribution is 9.09. The third-order valence-electron chi connectivity index (χ3n) is 7.79. The standard InChI is InChI=1S/C15H14BrNO2.C15H14ClNO2.C13H11NO2.C2H4BrCl/c2*16-8-9-19-14-3-1-2-13(10-14)11-4-6-12(7-5-11)15(17)18;14-13(16)10-6-4-9(5-7-10)11-2-1-3-12(15)8-11;3-1-2-4/h2*1-7,10H,8-9H2,(H2,17,18);1-8,15H,(H2,14,16);1-2H2. The van der Waals surface area contributed by atoms with Gasteiger partial charge in [-0.15, -0.1) is 23.2 Å². The van der Waals surface area contributed by atoms with Crippen molar-refractivity contribution in [2.45, 2.75) is 0 Å². The molecule has 6 aromatic rings. The lowest BCUT2D eigenvalue weighted by Crippen LogP contribution is -2.10. The predicted octanol–water partition coefficient (Wildman–Crippen LogP) is 10.1. The molecular weight excluding hydrogens is 909 g/mol. The summed E-state index contributed by atoms with van der Waals surface area (Å²) in [6.45, 7) is 1.11. The van der Waals surface area contributed by atoms with Gasteiger partial charge in [-0.2, -0.15) is 0 Å². The zero-order valence-corrected chi connectivity index (χ0v) is 36.0. The summed E-state index contributed by atoms with van der Waals surface area (Å²) in [4.78, 5) is 32.9. The van der Waals surface area contributed by atoms with Crippen molar-refractivity contribution < 1.29 is 29.0 Å². The Bertz CT molecular complexity index is 2080. The van der Waals surface area contributed by atoms with Gasteiger partial charge < -0.3 is 31.8 Å². The van der Waals surface area contributed by atoms with E-state index in [1.807, 2.05) is 78.9 Å². The van der Waals surface area contributed by atoms with E-state index in [1.165, 1.54) is 0 Å². The maximum Gasteiger partial charge on any atom is 0.248 e. The Kier molecular flexibility index (Phi) is 20.9. The number of phenolic OH excluding ortho intramolecular Hbond substituents is 1. The van der Waals surface area contributed by atoms with E-state index < -0.39 is 17.7 Å². The van der Waals surface area contributed by atoms with Crippen LogP contribution in [-0.2, 0) is 0 Å². The van der Waals surface area contributed by atoms with Gasteiger partial charge in [0.05, 0.1) is 12.5 Å². The lowest BCUT2D eigenvalue weighted by atomic mass is 10.0. The third kappa shape index (κ3) is 16.3. The zero-order chi connectivity index (χ0) is 42.3. The summed E-state index contributed by atoms with van der Waals surface area (Å²) < 4.78 is 11.0. The second-order valence-electron chi connectivity index (χ2n) is 11.9. The number of hydrogen-bond donors (Lipinski definition) is 4. The number of nitrogens with two attached hydrogens (primary N) is 3. The Morgan fingerprint density at radius 1 is 0.466 bits per heavy atom. The van der Waals surface area contributed by atoms with E-state index in [9.17, 15) is 19.5 Å². The van der Waals surface area contributed by atoms with Crippen LogP contribution in [0.15, 0.2) is 146 Å². The number of carbonyl (C=O) groups is 3. The van der Waals surface area contributed by atoms with Crippen LogP contribution in [0.25, 0.3) is 33.4 Å². The van der Waals surface area contributed by atoms with Gasteiger partial charge in [-0.3, -0.25) is 14.4 Å². The predicted molar refractivity (Wildman–Crippen MR) is 243 cm³/mol. The highest BCUT2D eigenvalue weighted by Crippen LogP contribution is 2.26. The Balaban J connectivity index is 0.000000223. The molecule has 0 atom stereocenters. The average Bonchev–Trinajstić information content (AvgIpc) is 3.25. The van der Waals surface area contributed by atoms with E-state index in [4.69, 9.17) is 49.9 Å². The maximum atomic E-state index is 11.0. The minimum atomic E-state index is -0.442. The number of phenols is 1. The molecule has 0 aliphatic heterocycles. The van der Waals surface area contributed by atoms with Gasteiger partial charge in [0.25, 0.3) is 0 Å². The van der Waals surface area contributed by atoms with Crippen LogP contribution in [-0.4, -0.2) is 58.5 Å². The third-order valence-corrected chi connectivity index (χ3v) is 9.31. The molecule has 0 aromatic heterocycles. The van der Waals surface area contributed by atoms with Crippen LogP contribution in [0.5, 0.6) is 17.2 Å². The van der Waals surface area contributed by atoms with Gasteiger partial charge in [0, 0.05) is 33.2 Å². The topological polar surface area (TPSA) is 168 Å². The van der Waals surface area contributed by atoms with Crippen molar-refractivity contribution in [2.24, 2.45) is 17.2 Å². The molecule has 6 rings (SSSR count). The van der Waals surface area contributed by atoms with Gasteiger partial charge in [-0.1, -0.05) is 105 Å². The number of carbonyl (C=O) groups excluding carboxylic acids is 3. The van der Waals surface area contributed by atoms with Crippen molar-refractivity contribution in [3.63, 3.8) is 0 Å². The van der Waals surface area contributed by atoms with Gasteiger partial charge in [-0.25, -0.2) is 0 Å². The Morgan fingerprint density at radius 3 is 1.12 bits per heavy atom. The number of benzene rings is 6. The molecule has 0 aliphatic rings. The molecular formula is C45H43Br2Cl2N3O6. The average molecular weight is 953 g/mol. The number of hydrogen-bond acceptors (Lipinski definition) is 6. The summed E-state index contributed by atoms with van der Waals surface area (Å²) in [5, 5.41) is 11.0. The molecule has 302 valence electrons. The first kappa shape index (κ1) is 47.0. The highest BCUT2D eigenvalue weighted by atomic mass is 79.9. The fourth-order valence-corrected chi connectivity index (χ4v) is 5.25. The molecule has 58 heavy (non-hydrogen) atoms. The zero-order valence-electron chi connectivity index (χ0n) is 31.3. The number of ether oxygens (including phenoxy) is 2. The normalized spacial score (nSPS) is 9.93. The Labute approximate surface area is 365 Å². The van der Waals surface area contributed by atoms with E-state index in [-0.39, 0.29) is 5.75 Å². The number of amides is 3. The number of aromatic hydroxyl groups is 1. The van der Waals surface area contributed by atoms with Crippen molar-refractivity contribution in [1.29, 1.82) is 0 Å². The molecule has 0 heterocycles. The number of halogens is 4. The quantitative estimate of drug-likeness (QED) is 0.0841. The summed E-state index contributed by atoms with van der Waals surface area (Å²) in [7, 11) is 0. The molecule has 0 spiro atoms. The van der Waals surface area contributed by atoms with E-state index in [0.717, 1.165) is 55.5 Å². The molecule has 0 radical (unpaired) electrons. The first-order chi connectivity index (χ1) is 28.0. The SMILES string of the molecule is ClCCBr.NC(=O)c1ccc(-c2cccc(O)c2)cc1.NC(=O)c1ccc(-c2cccc(OCCBr)c2)cc1.NC(=O)c1ccc(-c2cccc(OCCCl)c2)cc1. The maximum absolute atomic E-state index is 11.0. The van der Waals surface area contributed by atoms with Crippen LogP contribution >= 0.6 is 55.1 Å². The molecule has 0 aliphatic carbocycles. The van der Waals surface area contributed by atoms with Crippen LogP contribution < -0.4 is 26.7 Å². The van der Waals surface area contributed by atoms with Gasteiger partial charge in [0.15, 0.2) is 0 Å². The summed E-state index contributed by atoms with van der Waals surface area (Å²) >= 11 is 17.2. The summed E-state index contributed by atoms with van der Waals surface area (Å²) in [6.07, 6.45) is 0. The molecule has 13 heteroatoms. The summed E-state index contributed by atoms with van der Waals surface area (Å²) in [5.41, 5.74) is 23.0. The van der Waals surface area contributed by atoms with Crippen molar-refractivity contribution in [3.8, 4) is 50.6 Å². The van der Waals surface area contributed by atoms with Crippen molar-refractivity contribution >= 4 is 72.8 Å². The molecule has 0 fully saturated rings. The summed E-state index contributed by atoms with van der Waals surface area (Å²) in [5.74, 6) is 1.70. The van der Waals surface area contributed by atoms with Crippen LogP contribution in [0, 0.1) is 0 Å². The summed E-state index contributed by atoms with van der Waals surface area (Å²) in [6, 6.07) is 43.8. The molecule has 0 bridgehead atoms. The van der Waals surface area contributed by atoms with Gasteiger partial charge >= 0.3 is 0 Å². The fourth-order valence-electron chi connectivity index (χ4n) is 5.01. The minimum absolute atomic E-state index is 0.219. The lowest BCUT2D eigenvalue weighted by molar-refractivity contribution is 0.0992. The van der Waals surface area contributed by atoms with E-state index in [0.29, 0.717) is 41.7 Å². The second kappa shape index (κ2) is 25.8. The highest BCUT2D eigenvalue weighted by Gasteiger charge is 2.05. The molecule has 6 aromatic carbocycles. The Morgan fingerprint density at radius 2 is 0.810 bits per heavy atom. The molecule has 0 saturated carbocycles. The minimum Gasteiger partial charge on any atom is -0.508 e. The monoisotopic (exact) mass is 949 g/mol. The van der Waals surface area contributed by atoms with Crippen LogP contribution in [0.3, 0.4) is 0 Å². The lowest BCUT2D eigenvalue weighted by Gasteiger charge is -2.07. The van der Waals surface area contributed by atoms with E-state index >= 15 is 0 Å². The largest absolute Gasteiger partial charge is 0.508 e. The molecule has 0 saturated heterocycles. The van der Waals surface area contributed by atoms with Gasteiger partial charge in [-0.05, 0) is 106 Å². The number of rotatable bonds is 13. The van der Waals surface area contributed by atoms with Crippen molar-refractivity contribution in [1.82, 2.24) is 0 Å². The van der Waals surface area contributed by atoms with Crippen molar-refractivity contribution in [2.75, 3.05) is 35.6 Å². The molecule has 3 amide bonds. The van der Waals surface area contributed by atoms with Crippen molar-refractivity contribution in [3.05, 3.63) is 162 Å². The van der Waals surface area contributed by atoms with E-state index in [2.05, 4.69) is 31.9 Å².